The van der Waals surface area contributed by atoms with Crippen molar-refractivity contribution in [1.82, 2.24) is 0 Å². The van der Waals surface area contributed by atoms with Crippen LogP contribution < -0.4 is 0 Å². The van der Waals surface area contributed by atoms with Gasteiger partial charge in [0, 0.05) is 16.7 Å². The van der Waals surface area contributed by atoms with Crippen LogP contribution in [-0.4, -0.2) is 0 Å². The molecule has 0 aliphatic rings. The third kappa shape index (κ3) is 1.03. The maximum absolute atomic E-state index is 5.40. The summed E-state index contributed by atoms with van der Waals surface area (Å²) in [6.07, 6.45) is 0. The van der Waals surface area contributed by atoms with E-state index in [0.29, 0.717) is 0 Å². The fraction of sp³-hybridized carbons (Fsp3) is 0.167. The van der Waals surface area contributed by atoms with E-state index in [4.69, 9.17) is 6.92 Å². The average molecular weight is 110 g/mol. The van der Waals surface area contributed by atoms with E-state index in [0.717, 1.165) is 4.88 Å². The minimum Gasteiger partial charge on any atom is -0.145 e. The Morgan fingerprint density at radius 3 is 2.43 bits per heavy atom. The molecule has 0 saturated carbocycles. The van der Waals surface area contributed by atoms with Crippen molar-refractivity contribution in [1.29, 1.82) is 0 Å². The topological polar surface area (TPSA) is 0 Å². The monoisotopic (exact) mass is 110 g/mol. The predicted octanol–water partition coefficient (Wildman–Crippen LogP) is 2.12. The van der Waals surface area contributed by atoms with Crippen LogP contribution >= 0.6 is 11.3 Å². The normalized spacial score (nSPS) is 9.43. The molecule has 0 aromatic carbocycles. The van der Waals surface area contributed by atoms with Crippen LogP contribution in [0.25, 0.3) is 0 Å². The molecule has 0 nitrogen and oxygen atoms in total. The van der Waals surface area contributed by atoms with Gasteiger partial charge in [0.1, 0.15) is 0 Å². The zero-order valence-corrected chi connectivity index (χ0v) is 4.96. The van der Waals surface area contributed by atoms with Gasteiger partial charge in [-0.1, -0.05) is 0 Å². The molecule has 7 heavy (non-hydrogen) atoms. The Hall–Kier alpha value is -0.300. The average Bonchev–Trinajstić information content (AvgIpc) is 1.87. The lowest BCUT2D eigenvalue weighted by molar-refractivity contribution is 1.64. The molecule has 0 atom stereocenters. The number of aryl methyl sites for hydroxylation is 1. The van der Waals surface area contributed by atoms with Crippen LogP contribution in [0.1, 0.15) is 9.75 Å². The first-order valence-corrected chi connectivity index (χ1v) is 2.92. The predicted molar refractivity (Wildman–Crippen MR) is 32.5 cm³/mol. The molecule has 1 heteroatoms. The van der Waals surface area contributed by atoms with Crippen LogP contribution in [0, 0.1) is 13.8 Å². The van der Waals surface area contributed by atoms with Gasteiger partial charge in [-0.2, -0.15) is 0 Å². The maximum Gasteiger partial charge on any atom is 0.00987 e. The summed E-state index contributed by atoms with van der Waals surface area (Å²) >= 11 is 1.62. The van der Waals surface area contributed by atoms with Crippen molar-refractivity contribution >= 4 is 11.3 Å². The van der Waals surface area contributed by atoms with Crippen molar-refractivity contribution in [3.63, 3.8) is 0 Å². The Bertz CT molecular complexity index is 136. The Morgan fingerprint density at radius 1 is 1.57 bits per heavy atom. The van der Waals surface area contributed by atoms with Crippen LogP contribution in [0.15, 0.2) is 12.1 Å². The molecule has 0 saturated heterocycles. The summed E-state index contributed by atoms with van der Waals surface area (Å²) in [7, 11) is 0. The molecule has 1 aromatic heterocycles. The molecule has 0 fully saturated rings. The van der Waals surface area contributed by atoms with E-state index in [-0.39, 0.29) is 0 Å². The Balaban J connectivity index is 3.04. The van der Waals surface area contributed by atoms with Gasteiger partial charge >= 0.3 is 0 Å². The van der Waals surface area contributed by atoms with Gasteiger partial charge in [0.05, 0.1) is 0 Å². The smallest absolute Gasteiger partial charge is 0.00987 e. The Labute approximate surface area is 47.8 Å². The molecule has 0 aliphatic heterocycles. The lowest BCUT2D eigenvalue weighted by Gasteiger charge is -1.71. The van der Waals surface area contributed by atoms with E-state index in [1.54, 1.807) is 11.3 Å². The van der Waals surface area contributed by atoms with Gasteiger partial charge in [0.15, 0.2) is 0 Å². The SMILES string of the molecule is [CH]c1ccc(C)s1. The fourth-order valence-electron chi connectivity index (χ4n) is 0.453. The second-order valence-corrected chi connectivity index (χ2v) is 2.77. The second kappa shape index (κ2) is 1.66. The molecule has 0 aliphatic carbocycles. The molecule has 0 bridgehead atoms. The highest BCUT2D eigenvalue weighted by Crippen LogP contribution is 2.11. The summed E-state index contributed by atoms with van der Waals surface area (Å²) in [6, 6.07) is 3.93. The second-order valence-electron chi connectivity index (χ2n) is 1.45. The number of thiophene rings is 1. The molecular weight excluding hydrogens is 104 g/mol. The molecular formula is C6H6S. The lowest BCUT2D eigenvalue weighted by Crippen LogP contribution is -1.44. The highest BCUT2D eigenvalue weighted by molar-refractivity contribution is 7.12. The minimum atomic E-state index is 0.900. The third-order valence-corrected chi connectivity index (χ3v) is 1.59. The molecule has 2 radical (unpaired) electrons. The summed E-state index contributed by atoms with van der Waals surface area (Å²) in [5.41, 5.74) is 0. The highest BCUT2D eigenvalue weighted by atomic mass is 32.1. The van der Waals surface area contributed by atoms with Crippen molar-refractivity contribution in [3.05, 3.63) is 28.8 Å². The molecule has 0 unspecified atom stereocenters. The zero-order chi connectivity index (χ0) is 5.28. The highest BCUT2D eigenvalue weighted by Gasteiger charge is 1.84. The number of rotatable bonds is 0. The Kier molecular flexibility index (Phi) is 1.15. The van der Waals surface area contributed by atoms with E-state index in [9.17, 15) is 0 Å². The van der Waals surface area contributed by atoms with Crippen molar-refractivity contribution in [2.24, 2.45) is 0 Å². The molecule has 1 rings (SSSR count). The van der Waals surface area contributed by atoms with E-state index in [1.807, 2.05) is 19.1 Å². The van der Waals surface area contributed by atoms with Gasteiger partial charge in [0.25, 0.3) is 0 Å². The van der Waals surface area contributed by atoms with E-state index in [2.05, 4.69) is 0 Å². The summed E-state index contributed by atoms with van der Waals surface area (Å²) in [6.45, 7) is 7.44. The molecule has 36 valence electrons. The maximum atomic E-state index is 5.40. The standard InChI is InChI=1S/C6H6S/c1-5-3-4-6(2)7-5/h1,3-4H,2H3. The molecule has 1 aromatic rings. The largest absolute Gasteiger partial charge is 0.145 e. The van der Waals surface area contributed by atoms with E-state index >= 15 is 0 Å². The van der Waals surface area contributed by atoms with Crippen LogP contribution in [0.5, 0.6) is 0 Å². The summed E-state index contributed by atoms with van der Waals surface area (Å²) in [4.78, 5) is 2.18. The van der Waals surface area contributed by atoms with Crippen LogP contribution in [0.4, 0.5) is 0 Å². The Morgan fingerprint density at radius 2 is 2.29 bits per heavy atom. The summed E-state index contributed by atoms with van der Waals surface area (Å²) in [5, 5.41) is 0. The van der Waals surface area contributed by atoms with Crippen molar-refractivity contribution in [2.75, 3.05) is 0 Å². The molecule has 0 spiro atoms. The van der Waals surface area contributed by atoms with E-state index < -0.39 is 0 Å². The fourth-order valence-corrected chi connectivity index (χ4v) is 1.10. The first-order valence-electron chi connectivity index (χ1n) is 2.11. The summed E-state index contributed by atoms with van der Waals surface area (Å²) in [5.74, 6) is 0. The van der Waals surface area contributed by atoms with Crippen LogP contribution in [-0.2, 0) is 0 Å². The van der Waals surface area contributed by atoms with Gasteiger partial charge < -0.3 is 0 Å². The van der Waals surface area contributed by atoms with E-state index in [1.165, 1.54) is 4.88 Å². The minimum absolute atomic E-state index is 0.900. The van der Waals surface area contributed by atoms with Gasteiger partial charge in [-0.3, -0.25) is 0 Å². The van der Waals surface area contributed by atoms with Gasteiger partial charge in [-0.25, -0.2) is 0 Å². The van der Waals surface area contributed by atoms with Crippen molar-refractivity contribution in [2.45, 2.75) is 6.92 Å². The van der Waals surface area contributed by atoms with Crippen molar-refractivity contribution < 1.29 is 0 Å². The first kappa shape index (κ1) is 4.85. The quantitative estimate of drug-likeness (QED) is 0.480. The lowest BCUT2D eigenvalue weighted by atomic mass is 10.5. The molecule has 1 heterocycles. The van der Waals surface area contributed by atoms with Gasteiger partial charge in [-0.05, 0) is 19.1 Å². The zero-order valence-electron chi connectivity index (χ0n) is 4.14. The first-order chi connectivity index (χ1) is 3.29. The van der Waals surface area contributed by atoms with Gasteiger partial charge in [0.2, 0.25) is 0 Å². The molecule has 0 amide bonds. The summed E-state index contributed by atoms with van der Waals surface area (Å²) < 4.78 is 0. The van der Waals surface area contributed by atoms with Crippen LogP contribution in [0.2, 0.25) is 0 Å². The van der Waals surface area contributed by atoms with Crippen molar-refractivity contribution in [3.8, 4) is 0 Å². The molecule has 0 N–H and O–H groups in total. The number of hydrogen-bond acceptors (Lipinski definition) is 1. The number of hydrogen-bond donors (Lipinski definition) is 0. The van der Waals surface area contributed by atoms with Gasteiger partial charge in [-0.15, -0.1) is 11.3 Å². The van der Waals surface area contributed by atoms with Crippen LogP contribution in [0.3, 0.4) is 0 Å². The third-order valence-electron chi connectivity index (χ3n) is 0.761.